The average molecular weight is 556 g/mol. The van der Waals surface area contributed by atoms with Crippen molar-refractivity contribution in [1.29, 1.82) is 0 Å². The Hall–Kier alpha value is -3.21. The molecule has 200 valence electrons. The Balaban J connectivity index is 1.22. The SMILES string of the molecule is CC(=O)Nc1ccc(S(=O)(=O)N2CCCC(C(=O)N3CCN(c4ccnc5cc(Cl)ccc45)CC3)C2)cc1. The van der Waals surface area contributed by atoms with Crippen LogP contribution < -0.4 is 10.2 Å². The van der Waals surface area contributed by atoms with Gasteiger partial charge in [-0.3, -0.25) is 14.6 Å². The van der Waals surface area contributed by atoms with E-state index in [2.05, 4.69) is 15.2 Å². The number of piperidine rings is 1. The monoisotopic (exact) mass is 555 g/mol. The van der Waals surface area contributed by atoms with E-state index < -0.39 is 10.0 Å². The summed E-state index contributed by atoms with van der Waals surface area (Å²) in [5.41, 5.74) is 2.44. The van der Waals surface area contributed by atoms with Crippen molar-refractivity contribution in [1.82, 2.24) is 14.2 Å². The highest BCUT2D eigenvalue weighted by molar-refractivity contribution is 7.89. The molecule has 2 aliphatic rings. The molecule has 2 aliphatic heterocycles. The van der Waals surface area contributed by atoms with Crippen molar-refractivity contribution in [3.8, 4) is 0 Å². The molecule has 1 unspecified atom stereocenters. The van der Waals surface area contributed by atoms with Crippen LogP contribution in [0.5, 0.6) is 0 Å². The van der Waals surface area contributed by atoms with Crippen LogP contribution in [0.4, 0.5) is 11.4 Å². The number of carbonyl (C=O) groups is 2. The molecule has 3 heterocycles. The fourth-order valence-electron chi connectivity index (χ4n) is 5.23. The van der Waals surface area contributed by atoms with E-state index in [-0.39, 0.29) is 29.2 Å². The Labute approximate surface area is 227 Å². The highest BCUT2D eigenvalue weighted by Crippen LogP contribution is 2.30. The van der Waals surface area contributed by atoms with Crippen LogP contribution in [0.1, 0.15) is 19.8 Å². The van der Waals surface area contributed by atoms with E-state index >= 15 is 0 Å². The molecule has 2 saturated heterocycles. The van der Waals surface area contributed by atoms with E-state index in [1.807, 2.05) is 29.2 Å². The largest absolute Gasteiger partial charge is 0.367 e. The molecule has 1 aromatic heterocycles. The van der Waals surface area contributed by atoms with E-state index in [1.165, 1.54) is 23.4 Å². The van der Waals surface area contributed by atoms with E-state index in [0.29, 0.717) is 56.3 Å². The van der Waals surface area contributed by atoms with Gasteiger partial charge in [-0.05, 0) is 61.4 Å². The van der Waals surface area contributed by atoms with Crippen molar-refractivity contribution in [3.05, 3.63) is 59.8 Å². The summed E-state index contributed by atoms with van der Waals surface area (Å²) in [4.78, 5) is 33.4. The number of benzene rings is 2. The summed E-state index contributed by atoms with van der Waals surface area (Å²) in [6, 6.07) is 13.8. The van der Waals surface area contributed by atoms with E-state index in [0.717, 1.165) is 16.6 Å². The second-order valence-corrected chi connectivity index (χ2v) is 12.1. The van der Waals surface area contributed by atoms with Gasteiger partial charge in [-0.15, -0.1) is 0 Å². The van der Waals surface area contributed by atoms with Crippen LogP contribution in [0, 0.1) is 5.92 Å². The molecule has 0 spiro atoms. The first-order valence-corrected chi connectivity index (χ1v) is 14.5. The molecule has 0 aliphatic carbocycles. The van der Waals surface area contributed by atoms with Gasteiger partial charge in [0.1, 0.15) is 0 Å². The number of anilines is 2. The van der Waals surface area contributed by atoms with Gasteiger partial charge in [0.15, 0.2) is 0 Å². The number of halogens is 1. The normalized spacial score (nSPS) is 18.9. The molecule has 1 atom stereocenters. The lowest BCUT2D eigenvalue weighted by atomic mass is 9.97. The fraction of sp³-hybridized carbons (Fsp3) is 0.370. The Kier molecular flexibility index (Phi) is 7.56. The molecule has 38 heavy (non-hydrogen) atoms. The Bertz CT molecular complexity index is 1460. The number of fused-ring (bicyclic) bond motifs is 1. The predicted octanol–water partition coefficient (Wildman–Crippen LogP) is 3.60. The number of sulfonamides is 1. The molecule has 2 aromatic carbocycles. The van der Waals surface area contributed by atoms with Crippen molar-refractivity contribution in [2.45, 2.75) is 24.7 Å². The second-order valence-electron chi connectivity index (χ2n) is 9.71. The number of pyridine rings is 1. The van der Waals surface area contributed by atoms with Crippen LogP contribution in [-0.2, 0) is 19.6 Å². The van der Waals surface area contributed by atoms with Gasteiger partial charge in [0.05, 0.1) is 16.3 Å². The van der Waals surface area contributed by atoms with Gasteiger partial charge in [-0.1, -0.05) is 11.6 Å². The lowest BCUT2D eigenvalue weighted by Gasteiger charge is -2.39. The number of nitrogens with zero attached hydrogens (tertiary/aromatic N) is 4. The summed E-state index contributed by atoms with van der Waals surface area (Å²) in [5, 5.41) is 4.30. The van der Waals surface area contributed by atoms with Crippen molar-refractivity contribution in [2.75, 3.05) is 49.5 Å². The number of nitrogens with one attached hydrogen (secondary N) is 1. The maximum absolute atomic E-state index is 13.4. The van der Waals surface area contributed by atoms with Crippen molar-refractivity contribution >= 4 is 55.7 Å². The third kappa shape index (κ3) is 5.48. The molecular formula is C27H30ClN5O4S. The van der Waals surface area contributed by atoms with Crippen molar-refractivity contribution in [3.63, 3.8) is 0 Å². The zero-order valence-corrected chi connectivity index (χ0v) is 22.7. The van der Waals surface area contributed by atoms with Crippen LogP contribution in [0.15, 0.2) is 59.6 Å². The molecule has 0 saturated carbocycles. The number of rotatable bonds is 5. The Morgan fingerprint density at radius 3 is 2.45 bits per heavy atom. The third-order valence-electron chi connectivity index (χ3n) is 7.16. The van der Waals surface area contributed by atoms with Gasteiger partial charge in [-0.25, -0.2) is 8.42 Å². The summed E-state index contributed by atoms with van der Waals surface area (Å²) < 4.78 is 28.0. The summed E-state index contributed by atoms with van der Waals surface area (Å²) >= 11 is 6.13. The topological polar surface area (TPSA) is 103 Å². The van der Waals surface area contributed by atoms with Gasteiger partial charge in [0.2, 0.25) is 21.8 Å². The first kappa shape index (κ1) is 26.4. The molecule has 0 bridgehead atoms. The quantitative estimate of drug-likeness (QED) is 0.516. The number of hydrogen-bond donors (Lipinski definition) is 1. The minimum atomic E-state index is -3.75. The smallest absolute Gasteiger partial charge is 0.243 e. The number of piperazine rings is 1. The number of hydrogen-bond acceptors (Lipinski definition) is 6. The zero-order chi connectivity index (χ0) is 26.9. The van der Waals surface area contributed by atoms with Crippen LogP contribution in [0.3, 0.4) is 0 Å². The van der Waals surface area contributed by atoms with Gasteiger partial charge in [0.25, 0.3) is 0 Å². The van der Waals surface area contributed by atoms with E-state index in [1.54, 1.807) is 18.3 Å². The van der Waals surface area contributed by atoms with E-state index in [9.17, 15) is 18.0 Å². The average Bonchev–Trinajstić information content (AvgIpc) is 2.92. The van der Waals surface area contributed by atoms with Gasteiger partial charge in [0, 0.05) is 74.2 Å². The number of carbonyl (C=O) groups excluding carboxylic acids is 2. The maximum Gasteiger partial charge on any atom is 0.243 e. The van der Waals surface area contributed by atoms with Crippen LogP contribution in [-0.4, -0.2) is 73.7 Å². The minimum absolute atomic E-state index is 0.0110. The number of aromatic nitrogens is 1. The summed E-state index contributed by atoms with van der Waals surface area (Å²) in [5.74, 6) is -0.581. The minimum Gasteiger partial charge on any atom is -0.367 e. The summed E-state index contributed by atoms with van der Waals surface area (Å²) in [6.07, 6.45) is 3.07. The van der Waals surface area contributed by atoms with Crippen LogP contribution in [0.2, 0.25) is 5.02 Å². The summed E-state index contributed by atoms with van der Waals surface area (Å²) in [7, 11) is -3.75. The molecule has 11 heteroatoms. The molecular weight excluding hydrogens is 526 g/mol. The summed E-state index contributed by atoms with van der Waals surface area (Å²) in [6.45, 7) is 4.46. The van der Waals surface area contributed by atoms with Gasteiger partial charge >= 0.3 is 0 Å². The van der Waals surface area contributed by atoms with Crippen LogP contribution >= 0.6 is 11.6 Å². The first-order valence-electron chi connectivity index (χ1n) is 12.7. The lowest BCUT2D eigenvalue weighted by Crippen LogP contribution is -2.53. The predicted molar refractivity (Wildman–Crippen MR) is 148 cm³/mol. The fourth-order valence-corrected chi connectivity index (χ4v) is 6.92. The number of amides is 2. The Morgan fingerprint density at radius 1 is 1.00 bits per heavy atom. The second kappa shape index (κ2) is 10.9. The first-order chi connectivity index (χ1) is 18.2. The Morgan fingerprint density at radius 2 is 1.74 bits per heavy atom. The molecule has 9 nitrogen and oxygen atoms in total. The van der Waals surface area contributed by atoms with Crippen molar-refractivity contribution < 1.29 is 18.0 Å². The standard InChI is InChI=1S/C27H30ClN5O4S/c1-19(34)30-22-5-7-23(8-6-22)38(36,37)33-12-2-3-20(18-33)27(35)32-15-13-31(14-16-32)26-10-11-29-25-17-21(28)4-9-24(25)26/h4-11,17,20H,2-3,12-16,18H2,1H3,(H,30,34). The van der Waals surface area contributed by atoms with E-state index in [4.69, 9.17) is 11.6 Å². The molecule has 3 aromatic rings. The van der Waals surface area contributed by atoms with Gasteiger partial charge in [-0.2, -0.15) is 4.31 Å². The van der Waals surface area contributed by atoms with Gasteiger partial charge < -0.3 is 15.1 Å². The zero-order valence-electron chi connectivity index (χ0n) is 21.1. The van der Waals surface area contributed by atoms with Crippen LogP contribution in [0.25, 0.3) is 10.9 Å². The molecule has 2 fully saturated rings. The highest BCUT2D eigenvalue weighted by Gasteiger charge is 2.36. The molecule has 5 rings (SSSR count). The lowest BCUT2D eigenvalue weighted by molar-refractivity contribution is -0.137. The maximum atomic E-state index is 13.4. The molecule has 0 radical (unpaired) electrons. The molecule has 1 N–H and O–H groups in total. The third-order valence-corrected chi connectivity index (χ3v) is 9.27. The molecule has 2 amide bonds. The highest BCUT2D eigenvalue weighted by atomic mass is 35.5. The van der Waals surface area contributed by atoms with Crippen molar-refractivity contribution in [2.24, 2.45) is 5.92 Å².